The van der Waals surface area contributed by atoms with E-state index in [0.29, 0.717) is 5.75 Å². The van der Waals surface area contributed by atoms with Crippen LogP contribution in [0.5, 0.6) is 5.75 Å². The van der Waals surface area contributed by atoms with E-state index in [0.717, 1.165) is 30.8 Å². The van der Waals surface area contributed by atoms with E-state index in [4.69, 9.17) is 4.74 Å². The molecule has 4 rings (SSSR count). The average Bonchev–Trinajstić information content (AvgIpc) is 3.06. The molecule has 0 bridgehead atoms. The molecule has 0 fully saturated rings. The molecule has 1 aliphatic heterocycles. The van der Waals surface area contributed by atoms with Crippen LogP contribution in [-0.4, -0.2) is 12.6 Å². The van der Waals surface area contributed by atoms with E-state index in [-0.39, 0.29) is 0 Å². The zero-order valence-electron chi connectivity index (χ0n) is 15.3. The van der Waals surface area contributed by atoms with Crippen LogP contribution in [0.2, 0.25) is 0 Å². The molecule has 136 valence electrons. The Morgan fingerprint density at radius 3 is 2.59 bits per heavy atom. The number of nitrogens with zero attached hydrogens (tertiary/aromatic N) is 1. The van der Waals surface area contributed by atoms with Crippen LogP contribution in [0, 0.1) is 6.92 Å². The predicted molar refractivity (Wildman–Crippen MR) is 108 cm³/mol. The van der Waals surface area contributed by atoms with Crippen LogP contribution in [0.15, 0.2) is 72.8 Å². The maximum Gasteiger partial charge on any atom is 0.417 e. The fourth-order valence-electron chi connectivity index (χ4n) is 3.37. The van der Waals surface area contributed by atoms with Crippen LogP contribution < -0.4 is 15.0 Å². The number of fused-ring (bicyclic) bond motifs is 1. The number of nitrogens with one attached hydrogen (secondary N) is 1. The number of amides is 1. The summed E-state index contributed by atoms with van der Waals surface area (Å²) in [5.41, 5.74) is 5.67. The van der Waals surface area contributed by atoms with Crippen LogP contribution in [0.4, 0.5) is 16.2 Å². The molecule has 3 aromatic carbocycles. The van der Waals surface area contributed by atoms with Crippen molar-refractivity contribution in [1.82, 2.24) is 0 Å². The fraction of sp³-hybridized carbons (Fsp3) is 0.174. The Hall–Kier alpha value is -3.27. The summed E-state index contributed by atoms with van der Waals surface area (Å²) in [6, 6.07) is 23.9. The predicted octanol–water partition coefficient (Wildman–Crippen LogP) is 5.17. The number of rotatable bonds is 4. The van der Waals surface area contributed by atoms with Crippen LogP contribution in [0.3, 0.4) is 0 Å². The second-order valence-corrected chi connectivity index (χ2v) is 6.83. The van der Waals surface area contributed by atoms with Crippen molar-refractivity contribution in [3.8, 4) is 5.75 Å². The van der Waals surface area contributed by atoms with Gasteiger partial charge in [0.15, 0.2) is 0 Å². The molecule has 1 aliphatic rings. The maximum atomic E-state index is 12.1. The molecule has 27 heavy (non-hydrogen) atoms. The van der Waals surface area contributed by atoms with Gasteiger partial charge in [-0.2, -0.15) is 0 Å². The van der Waals surface area contributed by atoms with Crippen molar-refractivity contribution in [1.29, 1.82) is 0 Å². The van der Waals surface area contributed by atoms with E-state index in [2.05, 4.69) is 40.5 Å². The molecule has 4 nitrogen and oxygen atoms in total. The number of aryl methyl sites for hydroxylation is 1. The lowest BCUT2D eigenvalue weighted by Gasteiger charge is -2.19. The number of carbonyl (C=O) groups excluding carboxylic acids is 1. The van der Waals surface area contributed by atoms with Gasteiger partial charge in [-0.3, -0.25) is 5.32 Å². The summed E-state index contributed by atoms with van der Waals surface area (Å²) in [5, 5.41) is 2.82. The Kier molecular flexibility index (Phi) is 4.79. The van der Waals surface area contributed by atoms with Gasteiger partial charge in [0.2, 0.25) is 0 Å². The van der Waals surface area contributed by atoms with Crippen LogP contribution in [0.25, 0.3) is 0 Å². The smallest absolute Gasteiger partial charge is 0.410 e. The highest BCUT2D eigenvalue weighted by Crippen LogP contribution is 2.31. The Balaban J connectivity index is 1.41. The van der Waals surface area contributed by atoms with E-state index >= 15 is 0 Å². The topological polar surface area (TPSA) is 41.6 Å². The first kappa shape index (κ1) is 17.2. The van der Waals surface area contributed by atoms with Gasteiger partial charge in [0.25, 0.3) is 0 Å². The van der Waals surface area contributed by atoms with Crippen LogP contribution in [-0.2, 0) is 13.0 Å². The van der Waals surface area contributed by atoms with E-state index in [9.17, 15) is 4.79 Å². The van der Waals surface area contributed by atoms with E-state index in [1.165, 1.54) is 16.8 Å². The van der Waals surface area contributed by atoms with E-state index in [1.807, 2.05) is 37.3 Å². The Bertz CT molecular complexity index is 936. The first-order valence-corrected chi connectivity index (χ1v) is 9.15. The zero-order chi connectivity index (χ0) is 18.6. The molecule has 1 N–H and O–H groups in total. The monoisotopic (exact) mass is 358 g/mol. The van der Waals surface area contributed by atoms with Crippen molar-refractivity contribution in [2.24, 2.45) is 0 Å². The molecule has 0 aromatic heterocycles. The fourth-order valence-corrected chi connectivity index (χ4v) is 3.37. The molecule has 1 amide bonds. The Morgan fingerprint density at radius 1 is 1.04 bits per heavy atom. The highest BCUT2D eigenvalue weighted by atomic mass is 16.6. The standard InChI is InChI=1S/C23H22N2O2/c1-17-7-10-21(11-8-17)27-23(26)24-20-9-12-22-19(15-20)13-14-25(22)16-18-5-3-2-4-6-18/h2-12,15H,13-14,16H2,1H3,(H,24,26). The van der Waals surface area contributed by atoms with Gasteiger partial charge in [0.1, 0.15) is 5.75 Å². The van der Waals surface area contributed by atoms with Crippen molar-refractivity contribution in [3.05, 3.63) is 89.5 Å². The third-order valence-electron chi connectivity index (χ3n) is 4.77. The normalized spacial score (nSPS) is 12.6. The summed E-state index contributed by atoms with van der Waals surface area (Å²) in [6.45, 7) is 3.88. The molecule has 0 saturated carbocycles. The van der Waals surface area contributed by atoms with Crippen molar-refractivity contribution >= 4 is 17.5 Å². The highest BCUT2D eigenvalue weighted by molar-refractivity contribution is 5.87. The molecule has 0 atom stereocenters. The minimum absolute atomic E-state index is 0.474. The number of anilines is 2. The summed E-state index contributed by atoms with van der Waals surface area (Å²) in [4.78, 5) is 14.5. The lowest BCUT2D eigenvalue weighted by molar-refractivity contribution is 0.215. The number of hydrogen-bond acceptors (Lipinski definition) is 3. The van der Waals surface area contributed by atoms with Crippen LogP contribution >= 0.6 is 0 Å². The Morgan fingerprint density at radius 2 is 1.81 bits per heavy atom. The van der Waals surface area contributed by atoms with Crippen molar-refractivity contribution in [3.63, 3.8) is 0 Å². The minimum atomic E-state index is -0.474. The number of ether oxygens (including phenoxy) is 1. The SMILES string of the molecule is Cc1ccc(OC(=O)Nc2ccc3c(c2)CCN3Cc2ccccc2)cc1. The van der Waals surface area contributed by atoms with Gasteiger partial charge < -0.3 is 9.64 Å². The molecular formula is C23H22N2O2. The summed E-state index contributed by atoms with van der Waals surface area (Å²) >= 11 is 0. The van der Waals surface area contributed by atoms with Crippen molar-refractivity contribution in [2.45, 2.75) is 19.9 Å². The molecule has 0 aliphatic carbocycles. The third kappa shape index (κ3) is 4.11. The molecule has 0 radical (unpaired) electrons. The van der Waals surface area contributed by atoms with Gasteiger partial charge in [0.05, 0.1) is 0 Å². The van der Waals surface area contributed by atoms with Gasteiger partial charge in [-0.25, -0.2) is 4.79 Å². The molecule has 0 spiro atoms. The lowest BCUT2D eigenvalue weighted by atomic mass is 10.1. The van der Waals surface area contributed by atoms with Crippen molar-refractivity contribution < 1.29 is 9.53 Å². The first-order chi connectivity index (χ1) is 13.2. The summed E-state index contributed by atoms with van der Waals surface area (Å²) < 4.78 is 5.33. The lowest BCUT2D eigenvalue weighted by Crippen LogP contribution is -2.19. The highest BCUT2D eigenvalue weighted by Gasteiger charge is 2.20. The summed E-state index contributed by atoms with van der Waals surface area (Å²) in [6.07, 6.45) is 0.503. The average molecular weight is 358 g/mol. The molecule has 3 aromatic rings. The number of hydrogen-bond donors (Lipinski definition) is 1. The maximum absolute atomic E-state index is 12.1. The molecule has 4 heteroatoms. The zero-order valence-corrected chi connectivity index (χ0v) is 15.3. The molecule has 0 unspecified atom stereocenters. The van der Waals surface area contributed by atoms with Gasteiger partial charge in [-0.1, -0.05) is 48.0 Å². The first-order valence-electron chi connectivity index (χ1n) is 9.15. The van der Waals surface area contributed by atoms with E-state index in [1.54, 1.807) is 12.1 Å². The van der Waals surface area contributed by atoms with Gasteiger partial charge in [-0.05, 0) is 54.8 Å². The number of carbonyl (C=O) groups is 1. The molecule has 0 saturated heterocycles. The second-order valence-electron chi connectivity index (χ2n) is 6.83. The van der Waals surface area contributed by atoms with Gasteiger partial charge in [0, 0.05) is 24.5 Å². The largest absolute Gasteiger partial charge is 0.417 e. The second kappa shape index (κ2) is 7.54. The minimum Gasteiger partial charge on any atom is -0.410 e. The van der Waals surface area contributed by atoms with Crippen molar-refractivity contribution in [2.75, 3.05) is 16.8 Å². The summed E-state index contributed by atoms with van der Waals surface area (Å²) in [7, 11) is 0. The molecular weight excluding hydrogens is 336 g/mol. The summed E-state index contributed by atoms with van der Waals surface area (Å²) in [5.74, 6) is 0.535. The van der Waals surface area contributed by atoms with Gasteiger partial charge >= 0.3 is 6.09 Å². The quantitative estimate of drug-likeness (QED) is 0.700. The third-order valence-corrected chi connectivity index (χ3v) is 4.77. The van der Waals surface area contributed by atoms with E-state index < -0.39 is 6.09 Å². The van der Waals surface area contributed by atoms with Gasteiger partial charge in [-0.15, -0.1) is 0 Å². The molecule has 1 heterocycles. The number of benzene rings is 3. The Labute approximate surface area is 159 Å². The van der Waals surface area contributed by atoms with Crippen LogP contribution in [0.1, 0.15) is 16.7 Å².